The summed E-state index contributed by atoms with van der Waals surface area (Å²) in [6, 6.07) is 30.7. The van der Waals surface area contributed by atoms with Crippen molar-refractivity contribution in [2.45, 2.75) is 12.5 Å². The number of benzene rings is 5. The molecule has 1 unspecified atom stereocenters. The number of hydrogen-bond acceptors (Lipinski definition) is 2. The summed E-state index contributed by atoms with van der Waals surface area (Å²) in [6.45, 7) is 0. The minimum Gasteiger partial charge on any atom is -0.377 e. The molecule has 5 aromatic rings. The maximum atomic E-state index is 5.53. The Labute approximate surface area is 182 Å². The van der Waals surface area contributed by atoms with E-state index in [0.29, 0.717) is 0 Å². The van der Waals surface area contributed by atoms with Crippen molar-refractivity contribution in [2.24, 2.45) is 0 Å². The van der Waals surface area contributed by atoms with Crippen LogP contribution in [-0.2, 0) is 4.74 Å². The third kappa shape index (κ3) is 2.91. The molecule has 2 nitrogen and oxygen atoms in total. The van der Waals surface area contributed by atoms with Crippen LogP contribution in [0.2, 0.25) is 0 Å². The SMILES string of the molecule is COC1C=CC(N(c2ccccc2)c2ccc3ccc4cccc5ccc2c3c45)=CC1. The van der Waals surface area contributed by atoms with E-state index in [2.05, 4.69) is 108 Å². The van der Waals surface area contributed by atoms with Gasteiger partial charge in [-0.15, -0.1) is 0 Å². The molecule has 0 saturated heterocycles. The van der Waals surface area contributed by atoms with Gasteiger partial charge in [0.05, 0.1) is 11.8 Å². The van der Waals surface area contributed by atoms with E-state index in [-0.39, 0.29) is 6.10 Å². The van der Waals surface area contributed by atoms with Crippen molar-refractivity contribution in [3.05, 3.63) is 109 Å². The van der Waals surface area contributed by atoms with E-state index in [1.54, 1.807) is 7.11 Å². The first-order valence-electron chi connectivity index (χ1n) is 10.8. The molecule has 0 aliphatic heterocycles. The van der Waals surface area contributed by atoms with Gasteiger partial charge in [-0.2, -0.15) is 0 Å². The van der Waals surface area contributed by atoms with Gasteiger partial charge in [-0.25, -0.2) is 0 Å². The van der Waals surface area contributed by atoms with E-state index in [4.69, 9.17) is 4.74 Å². The zero-order valence-corrected chi connectivity index (χ0v) is 17.5. The number of rotatable bonds is 4. The van der Waals surface area contributed by atoms with Crippen LogP contribution in [0.4, 0.5) is 11.4 Å². The minimum absolute atomic E-state index is 0.141. The number of allylic oxidation sites excluding steroid dienone is 1. The van der Waals surface area contributed by atoms with Crippen LogP contribution in [0.15, 0.2) is 109 Å². The predicted octanol–water partition coefficient (Wildman–Crippen LogP) is 7.58. The molecule has 2 heteroatoms. The summed E-state index contributed by atoms with van der Waals surface area (Å²) < 4.78 is 5.53. The molecule has 0 heterocycles. The zero-order valence-electron chi connectivity index (χ0n) is 17.5. The molecule has 0 bridgehead atoms. The molecule has 150 valence electrons. The summed E-state index contributed by atoms with van der Waals surface area (Å²) >= 11 is 0. The molecule has 31 heavy (non-hydrogen) atoms. The van der Waals surface area contributed by atoms with Gasteiger partial charge in [0.25, 0.3) is 0 Å². The number of nitrogens with zero attached hydrogens (tertiary/aromatic N) is 1. The third-order valence-electron chi connectivity index (χ3n) is 6.36. The average Bonchev–Trinajstić information content (AvgIpc) is 2.84. The summed E-state index contributed by atoms with van der Waals surface area (Å²) in [6.07, 6.45) is 7.63. The van der Waals surface area contributed by atoms with Crippen LogP contribution in [0.3, 0.4) is 0 Å². The summed E-state index contributed by atoms with van der Waals surface area (Å²) in [5.74, 6) is 0. The molecule has 0 radical (unpaired) electrons. The molecule has 6 rings (SSSR count). The Morgan fingerprint density at radius 1 is 0.742 bits per heavy atom. The fourth-order valence-corrected chi connectivity index (χ4v) is 4.85. The van der Waals surface area contributed by atoms with E-state index in [0.717, 1.165) is 12.1 Å². The van der Waals surface area contributed by atoms with Gasteiger partial charge in [0.15, 0.2) is 0 Å². The van der Waals surface area contributed by atoms with Crippen LogP contribution >= 0.6 is 0 Å². The van der Waals surface area contributed by atoms with Gasteiger partial charge in [-0.3, -0.25) is 0 Å². The Balaban J connectivity index is 1.63. The van der Waals surface area contributed by atoms with Crippen molar-refractivity contribution in [2.75, 3.05) is 12.0 Å². The maximum Gasteiger partial charge on any atom is 0.0791 e. The highest BCUT2D eigenvalue weighted by Crippen LogP contribution is 2.42. The van der Waals surface area contributed by atoms with E-state index in [1.807, 2.05) is 0 Å². The van der Waals surface area contributed by atoms with Crippen LogP contribution < -0.4 is 4.90 Å². The molecule has 0 spiro atoms. The van der Waals surface area contributed by atoms with Gasteiger partial charge in [0.2, 0.25) is 0 Å². The third-order valence-corrected chi connectivity index (χ3v) is 6.36. The maximum absolute atomic E-state index is 5.53. The van der Waals surface area contributed by atoms with Gasteiger partial charge in [-0.1, -0.05) is 78.9 Å². The van der Waals surface area contributed by atoms with Crippen LogP contribution in [0, 0.1) is 0 Å². The highest BCUT2D eigenvalue weighted by atomic mass is 16.5. The van der Waals surface area contributed by atoms with Crippen LogP contribution in [0.25, 0.3) is 32.3 Å². The molecule has 0 amide bonds. The molecule has 1 atom stereocenters. The number of hydrogen-bond donors (Lipinski definition) is 0. The topological polar surface area (TPSA) is 12.5 Å². The Morgan fingerprint density at radius 3 is 2.16 bits per heavy atom. The van der Waals surface area contributed by atoms with Crippen molar-refractivity contribution < 1.29 is 4.74 Å². The van der Waals surface area contributed by atoms with Crippen molar-refractivity contribution in [3.63, 3.8) is 0 Å². The van der Waals surface area contributed by atoms with E-state index in [1.165, 1.54) is 43.7 Å². The molecule has 0 saturated carbocycles. The highest BCUT2D eigenvalue weighted by molar-refractivity contribution is 6.25. The van der Waals surface area contributed by atoms with Crippen LogP contribution in [0.5, 0.6) is 0 Å². The van der Waals surface area contributed by atoms with Gasteiger partial charge < -0.3 is 9.64 Å². The molecule has 0 fully saturated rings. The lowest BCUT2D eigenvalue weighted by Crippen LogP contribution is -2.19. The minimum atomic E-state index is 0.141. The summed E-state index contributed by atoms with van der Waals surface area (Å²) in [4.78, 5) is 2.37. The largest absolute Gasteiger partial charge is 0.377 e. The first-order chi connectivity index (χ1) is 15.3. The zero-order chi connectivity index (χ0) is 20.8. The monoisotopic (exact) mass is 401 g/mol. The standard InChI is InChI=1S/C29H23NO/c1-31-25-16-14-24(15-17-25)30(23-8-3-2-4-9-23)27-19-13-22-11-10-20-6-5-7-21-12-18-26(27)29(22)28(20)21/h2-16,18-19,25H,17H2,1H3. The molecular formula is C29H23NO. The summed E-state index contributed by atoms with van der Waals surface area (Å²) in [5.41, 5.74) is 3.53. The van der Waals surface area contributed by atoms with E-state index >= 15 is 0 Å². The van der Waals surface area contributed by atoms with Crippen molar-refractivity contribution in [1.82, 2.24) is 0 Å². The van der Waals surface area contributed by atoms with Gasteiger partial charge in [0, 0.05) is 23.9 Å². The van der Waals surface area contributed by atoms with Crippen molar-refractivity contribution >= 4 is 43.7 Å². The molecule has 0 aromatic heterocycles. The average molecular weight is 402 g/mol. The fraction of sp³-hybridized carbons (Fsp3) is 0.103. The Kier molecular flexibility index (Phi) is 4.26. The highest BCUT2D eigenvalue weighted by Gasteiger charge is 2.20. The number of para-hydroxylation sites is 1. The molecular weight excluding hydrogens is 378 g/mol. The van der Waals surface area contributed by atoms with Gasteiger partial charge >= 0.3 is 0 Å². The molecule has 5 aromatic carbocycles. The second kappa shape index (κ2) is 7.26. The number of methoxy groups -OCH3 is 1. The second-order valence-corrected chi connectivity index (χ2v) is 8.11. The number of anilines is 2. The molecule has 1 aliphatic carbocycles. The summed E-state index contributed by atoms with van der Waals surface area (Å²) in [5, 5.41) is 7.82. The van der Waals surface area contributed by atoms with Crippen molar-refractivity contribution in [3.8, 4) is 0 Å². The Morgan fingerprint density at radius 2 is 1.45 bits per heavy atom. The van der Waals surface area contributed by atoms with Gasteiger partial charge in [0.1, 0.15) is 0 Å². The smallest absolute Gasteiger partial charge is 0.0791 e. The van der Waals surface area contributed by atoms with E-state index in [9.17, 15) is 0 Å². The number of ether oxygens (including phenoxy) is 1. The normalized spacial score (nSPS) is 16.3. The fourth-order valence-electron chi connectivity index (χ4n) is 4.85. The lowest BCUT2D eigenvalue weighted by molar-refractivity contribution is 0.142. The predicted molar refractivity (Wildman–Crippen MR) is 131 cm³/mol. The Bertz CT molecular complexity index is 1430. The second-order valence-electron chi connectivity index (χ2n) is 8.11. The molecule has 0 N–H and O–H groups in total. The van der Waals surface area contributed by atoms with Crippen molar-refractivity contribution in [1.29, 1.82) is 0 Å². The summed E-state index contributed by atoms with van der Waals surface area (Å²) in [7, 11) is 1.77. The lowest BCUT2D eigenvalue weighted by Gasteiger charge is -2.30. The molecule has 1 aliphatic rings. The Hall–Kier alpha value is -3.62. The first kappa shape index (κ1) is 18.2. The quantitative estimate of drug-likeness (QED) is 0.288. The first-order valence-corrected chi connectivity index (χ1v) is 10.8. The van der Waals surface area contributed by atoms with Crippen LogP contribution in [-0.4, -0.2) is 13.2 Å². The van der Waals surface area contributed by atoms with Gasteiger partial charge in [-0.05, 0) is 57.6 Å². The van der Waals surface area contributed by atoms with Crippen LogP contribution in [0.1, 0.15) is 6.42 Å². The lowest BCUT2D eigenvalue weighted by atomic mass is 9.93. The van der Waals surface area contributed by atoms with E-state index < -0.39 is 0 Å².